The van der Waals surface area contributed by atoms with Gasteiger partial charge in [-0.25, -0.2) is 0 Å². The third-order valence-corrected chi connectivity index (χ3v) is 2.11. The molecule has 0 atom stereocenters. The molecule has 0 amide bonds. The molecule has 0 saturated carbocycles. The van der Waals surface area contributed by atoms with Gasteiger partial charge in [0.2, 0.25) is 0 Å². The number of ether oxygens (including phenoxy) is 3. The van der Waals surface area contributed by atoms with Gasteiger partial charge in [-0.3, -0.25) is 0 Å². The molecular weight excluding hydrogens is 156 g/mol. The summed E-state index contributed by atoms with van der Waals surface area (Å²) < 4.78 is 16.2. The van der Waals surface area contributed by atoms with E-state index in [9.17, 15) is 0 Å². The van der Waals surface area contributed by atoms with Gasteiger partial charge in [0.15, 0.2) is 0 Å². The first-order valence-electron chi connectivity index (χ1n) is 4.04. The monoisotopic (exact) mass is 168 g/mol. The summed E-state index contributed by atoms with van der Waals surface area (Å²) >= 11 is 0. The Balaban J connectivity index is 2.18. The fourth-order valence-corrected chi connectivity index (χ4v) is 1.32. The molecule has 3 rings (SSSR count). The number of hydrogen-bond acceptors (Lipinski definition) is 3. The third kappa shape index (κ3) is 1.13. The van der Waals surface area contributed by atoms with Gasteiger partial charge in [-0.2, -0.15) is 0 Å². The number of rotatable bonds is 0. The largest absolute Gasteiger partial charge is 0.353 e. The van der Waals surface area contributed by atoms with Crippen molar-refractivity contribution in [3.63, 3.8) is 0 Å². The molecule has 3 fully saturated rings. The molecule has 0 aliphatic carbocycles. The Morgan fingerprint density at radius 2 is 1.58 bits per heavy atom. The average Bonchev–Trinajstić information content (AvgIpc) is 2.08. The van der Waals surface area contributed by atoms with Crippen LogP contribution in [0.15, 0.2) is 0 Å². The van der Waals surface area contributed by atoms with Crippen LogP contribution >= 0.6 is 0 Å². The molecule has 3 saturated heterocycles. The molecular formula is C9H12O3. The van der Waals surface area contributed by atoms with Crippen LogP contribution in [0.25, 0.3) is 0 Å². The molecule has 2 bridgehead atoms. The van der Waals surface area contributed by atoms with Crippen LogP contribution in [0.2, 0.25) is 0 Å². The van der Waals surface area contributed by atoms with Crippen LogP contribution in [-0.2, 0) is 14.2 Å². The molecule has 0 spiro atoms. The zero-order chi connectivity index (χ0) is 8.66. The van der Waals surface area contributed by atoms with Gasteiger partial charge in [0, 0.05) is 5.41 Å². The van der Waals surface area contributed by atoms with Gasteiger partial charge >= 0.3 is 5.97 Å². The fourth-order valence-electron chi connectivity index (χ4n) is 1.32. The Kier molecular flexibility index (Phi) is 1.65. The van der Waals surface area contributed by atoms with Gasteiger partial charge < -0.3 is 14.2 Å². The van der Waals surface area contributed by atoms with Crippen molar-refractivity contribution in [1.29, 1.82) is 0 Å². The minimum Gasteiger partial charge on any atom is -0.316 e. The molecule has 12 heavy (non-hydrogen) atoms. The highest BCUT2D eigenvalue weighted by Gasteiger charge is 2.49. The molecule has 0 N–H and O–H groups in total. The van der Waals surface area contributed by atoms with Crippen molar-refractivity contribution in [3.8, 4) is 11.8 Å². The highest BCUT2D eigenvalue weighted by atomic mass is 16.9. The second-order valence-corrected chi connectivity index (χ2v) is 3.61. The summed E-state index contributed by atoms with van der Waals surface area (Å²) in [5.74, 6) is 4.48. The molecule has 0 aromatic heterocycles. The van der Waals surface area contributed by atoms with Crippen LogP contribution in [0, 0.1) is 17.3 Å². The lowest BCUT2D eigenvalue weighted by Crippen LogP contribution is -2.58. The molecule has 66 valence electrons. The molecule has 3 aliphatic rings. The van der Waals surface area contributed by atoms with E-state index in [0.29, 0.717) is 19.8 Å². The summed E-state index contributed by atoms with van der Waals surface area (Å²) in [5, 5.41) is 0. The fraction of sp³-hybridized carbons (Fsp3) is 0.778. The van der Waals surface area contributed by atoms with E-state index in [2.05, 4.69) is 18.8 Å². The summed E-state index contributed by atoms with van der Waals surface area (Å²) in [6, 6.07) is 0. The molecule has 3 heteroatoms. The van der Waals surface area contributed by atoms with Crippen molar-refractivity contribution < 1.29 is 14.2 Å². The van der Waals surface area contributed by atoms with Gasteiger partial charge in [0.05, 0.1) is 19.8 Å². The van der Waals surface area contributed by atoms with E-state index in [4.69, 9.17) is 14.2 Å². The van der Waals surface area contributed by atoms with E-state index in [1.807, 2.05) is 0 Å². The topological polar surface area (TPSA) is 27.7 Å². The highest BCUT2D eigenvalue weighted by Crippen LogP contribution is 2.37. The third-order valence-electron chi connectivity index (χ3n) is 2.11. The van der Waals surface area contributed by atoms with Crippen molar-refractivity contribution in [3.05, 3.63) is 0 Å². The second-order valence-electron chi connectivity index (χ2n) is 3.61. The second kappa shape index (κ2) is 2.46. The Labute approximate surface area is 72.0 Å². The minimum atomic E-state index is -1.05. The molecule has 3 nitrogen and oxygen atoms in total. The van der Waals surface area contributed by atoms with Crippen molar-refractivity contribution in [2.24, 2.45) is 5.41 Å². The van der Waals surface area contributed by atoms with E-state index in [-0.39, 0.29) is 5.41 Å². The Morgan fingerprint density at radius 3 is 2.00 bits per heavy atom. The molecule has 0 aromatic carbocycles. The summed E-state index contributed by atoms with van der Waals surface area (Å²) in [6.45, 7) is 5.83. The molecule has 0 aromatic rings. The van der Waals surface area contributed by atoms with E-state index in [1.54, 1.807) is 6.92 Å². The first kappa shape index (κ1) is 8.06. The first-order chi connectivity index (χ1) is 5.68. The maximum atomic E-state index is 5.39. The van der Waals surface area contributed by atoms with Crippen LogP contribution < -0.4 is 0 Å². The summed E-state index contributed by atoms with van der Waals surface area (Å²) in [7, 11) is 0. The standard InChI is InChI=1S/C9H12O3/c1-3-4-9-10-5-8(2,6-11-9)7-12-9/h5-7H2,1-2H3. The van der Waals surface area contributed by atoms with Crippen LogP contribution in [0.1, 0.15) is 13.8 Å². The quantitative estimate of drug-likeness (QED) is 0.499. The van der Waals surface area contributed by atoms with Crippen molar-refractivity contribution in [2.45, 2.75) is 19.8 Å². The first-order valence-corrected chi connectivity index (χ1v) is 4.04. The van der Waals surface area contributed by atoms with Crippen LogP contribution in [-0.4, -0.2) is 25.8 Å². The zero-order valence-corrected chi connectivity index (χ0v) is 7.35. The lowest BCUT2D eigenvalue weighted by molar-refractivity contribution is -0.436. The molecule has 3 aliphatic heterocycles. The molecule has 0 unspecified atom stereocenters. The highest BCUT2D eigenvalue weighted by molar-refractivity contribution is 5.07. The van der Waals surface area contributed by atoms with Crippen molar-refractivity contribution in [1.82, 2.24) is 0 Å². The predicted molar refractivity (Wildman–Crippen MR) is 42.1 cm³/mol. The Bertz CT molecular complexity index is 224. The summed E-state index contributed by atoms with van der Waals surface area (Å²) in [5.41, 5.74) is 0.0250. The van der Waals surface area contributed by atoms with Crippen LogP contribution in [0.3, 0.4) is 0 Å². The van der Waals surface area contributed by atoms with Crippen LogP contribution in [0.4, 0.5) is 0 Å². The van der Waals surface area contributed by atoms with E-state index < -0.39 is 5.97 Å². The Hall–Kier alpha value is -0.560. The number of fused-ring (bicyclic) bond motifs is 3. The maximum absolute atomic E-state index is 5.39. The average molecular weight is 168 g/mol. The van der Waals surface area contributed by atoms with Crippen molar-refractivity contribution in [2.75, 3.05) is 19.8 Å². The lowest BCUT2D eigenvalue weighted by atomic mass is 9.92. The normalized spacial score (nSPS) is 45.2. The van der Waals surface area contributed by atoms with Gasteiger partial charge in [-0.05, 0) is 12.8 Å². The zero-order valence-electron chi connectivity index (χ0n) is 7.35. The van der Waals surface area contributed by atoms with Gasteiger partial charge in [-0.1, -0.05) is 12.8 Å². The summed E-state index contributed by atoms with van der Waals surface area (Å²) in [6.07, 6.45) is 0. The summed E-state index contributed by atoms with van der Waals surface area (Å²) in [4.78, 5) is 0. The molecule has 0 radical (unpaired) electrons. The predicted octanol–water partition coefficient (Wildman–Crippen LogP) is 0.747. The van der Waals surface area contributed by atoms with Gasteiger partial charge in [-0.15, -0.1) is 0 Å². The van der Waals surface area contributed by atoms with Crippen molar-refractivity contribution >= 4 is 0 Å². The van der Waals surface area contributed by atoms with E-state index in [1.165, 1.54) is 0 Å². The van der Waals surface area contributed by atoms with Gasteiger partial charge in [0.25, 0.3) is 0 Å². The number of hydrogen-bond donors (Lipinski definition) is 0. The van der Waals surface area contributed by atoms with Gasteiger partial charge in [0.1, 0.15) is 0 Å². The van der Waals surface area contributed by atoms with E-state index in [0.717, 1.165) is 0 Å². The minimum absolute atomic E-state index is 0.0250. The maximum Gasteiger partial charge on any atom is 0.353 e. The SMILES string of the molecule is CC#CC12OCC(C)(CO1)CO2. The smallest absolute Gasteiger partial charge is 0.316 e. The molecule has 3 heterocycles. The van der Waals surface area contributed by atoms with E-state index >= 15 is 0 Å². The lowest BCUT2D eigenvalue weighted by Gasteiger charge is -2.47. The van der Waals surface area contributed by atoms with Crippen LogP contribution in [0.5, 0.6) is 0 Å². The Morgan fingerprint density at radius 1 is 1.08 bits per heavy atom.